The minimum atomic E-state index is -0.610. The van der Waals surface area contributed by atoms with E-state index in [9.17, 15) is 4.79 Å². The van der Waals surface area contributed by atoms with Crippen molar-refractivity contribution in [2.24, 2.45) is 0 Å². The van der Waals surface area contributed by atoms with E-state index in [0.29, 0.717) is 12.4 Å². The zero-order valence-electron chi connectivity index (χ0n) is 9.71. The van der Waals surface area contributed by atoms with Crippen LogP contribution in [0.15, 0.2) is 12.3 Å². The first kappa shape index (κ1) is 13.3. The Morgan fingerprint density at radius 3 is 2.94 bits per heavy atom. The van der Waals surface area contributed by atoms with Crippen molar-refractivity contribution in [3.63, 3.8) is 0 Å². The normalized spacial score (nSPS) is 11.9. The second kappa shape index (κ2) is 6.77. The Hall–Kier alpha value is -1.73. The molecule has 0 aliphatic rings. The van der Waals surface area contributed by atoms with Gasteiger partial charge in [0.2, 0.25) is 5.82 Å². The third kappa shape index (κ3) is 3.97. The van der Waals surface area contributed by atoms with Gasteiger partial charge in [0.05, 0.1) is 26.4 Å². The van der Waals surface area contributed by atoms with Crippen LogP contribution in [0.3, 0.4) is 0 Å². The first-order chi connectivity index (χ1) is 8.21. The number of esters is 1. The number of aromatic nitrogens is 2. The zero-order chi connectivity index (χ0) is 12.7. The highest BCUT2D eigenvalue weighted by atomic mass is 16.5. The second-order valence-electron chi connectivity index (χ2n) is 3.24. The molecular formula is C10H15N3O4. The Morgan fingerprint density at radius 1 is 1.59 bits per heavy atom. The summed E-state index contributed by atoms with van der Waals surface area (Å²) in [5, 5.41) is 12.0. The molecular weight excluding hydrogens is 226 g/mol. The maximum absolute atomic E-state index is 11.2. The highest BCUT2D eigenvalue weighted by Gasteiger charge is 2.12. The van der Waals surface area contributed by atoms with Crippen molar-refractivity contribution in [3.05, 3.63) is 18.1 Å². The fourth-order valence-electron chi connectivity index (χ4n) is 1.18. The van der Waals surface area contributed by atoms with Crippen molar-refractivity contribution < 1.29 is 19.4 Å². The number of carbonyl (C=O) groups excluding carboxylic acids is 1. The number of carbonyl (C=O) groups is 1. The summed E-state index contributed by atoms with van der Waals surface area (Å²) in [5.74, 6) is -0.218. The van der Waals surface area contributed by atoms with Crippen molar-refractivity contribution in [3.8, 4) is 0 Å². The summed E-state index contributed by atoms with van der Waals surface area (Å²) in [7, 11) is 2.79. The first-order valence-electron chi connectivity index (χ1n) is 4.99. The van der Waals surface area contributed by atoms with Gasteiger partial charge < -0.3 is 19.9 Å². The lowest BCUT2D eigenvalue weighted by Crippen LogP contribution is -2.29. The highest BCUT2D eigenvalue weighted by Crippen LogP contribution is 2.05. The lowest BCUT2D eigenvalue weighted by atomic mass is 10.3. The number of methoxy groups -OCH3 is 2. The predicted octanol–water partition coefficient (Wildman–Crippen LogP) is -0.318. The molecule has 1 unspecified atom stereocenters. The number of nitrogens with zero attached hydrogens (tertiary/aromatic N) is 2. The van der Waals surface area contributed by atoms with Gasteiger partial charge in [-0.1, -0.05) is 0 Å². The van der Waals surface area contributed by atoms with Crippen LogP contribution in [-0.2, 0) is 9.47 Å². The van der Waals surface area contributed by atoms with Crippen LogP contribution < -0.4 is 5.32 Å². The number of anilines is 1. The van der Waals surface area contributed by atoms with Crippen molar-refractivity contribution in [2.75, 3.05) is 32.8 Å². The molecule has 0 aromatic carbocycles. The molecule has 7 heteroatoms. The molecule has 1 heterocycles. The smallest absolute Gasteiger partial charge is 0.376 e. The molecule has 0 amide bonds. The van der Waals surface area contributed by atoms with Gasteiger partial charge in [0.15, 0.2) is 0 Å². The van der Waals surface area contributed by atoms with E-state index in [-0.39, 0.29) is 18.5 Å². The van der Waals surface area contributed by atoms with Gasteiger partial charge in [-0.3, -0.25) is 0 Å². The number of nitrogens with one attached hydrogen (secondary N) is 1. The number of ether oxygens (including phenoxy) is 2. The van der Waals surface area contributed by atoms with Gasteiger partial charge in [0.25, 0.3) is 0 Å². The fourth-order valence-corrected chi connectivity index (χ4v) is 1.18. The molecule has 17 heavy (non-hydrogen) atoms. The largest absolute Gasteiger partial charge is 0.463 e. The molecule has 2 N–H and O–H groups in total. The van der Waals surface area contributed by atoms with E-state index in [1.165, 1.54) is 20.4 Å². The second-order valence-corrected chi connectivity index (χ2v) is 3.24. The van der Waals surface area contributed by atoms with Crippen LogP contribution in [-0.4, -0.2) is 54.5 Å². The number of hydrogen-bond donors (Lipinski definition) is 2. The summed E-state index contributed by atoms with van der Waals surface area (Å²) in [6.45, 7) is 0.222. The van der Waals surface area contributed by atoms with E-state index in [4.69, 9.17) is 9.84 Å². The van der Waals surface area contributed by atoms with Crippen molar-refractivity contribution >= 4 is 11.8 Å². The summed E-state index contributed by atoms with van der Waals surface area (Å²) in [5.41, 5.74) is 0. The first-order valence-corrected chi connectivity index (χ1v) is 4.99. The molecule has 1 atom stereocenters. The quantitative estimate of drug-likeness (QED) is 0.659. The van der Waals surface area contributed by atoms with Crippen LogP contribution in [0.4, 0.5) is 5.82 Å². The lowest BCUT2D eigenvalue weighted by molar-refractivity contribution is 0.0587. The van der Waals surface area contributed by atoms with Crippen LogP contribution in [0.1, 0.15) is 10.6 Å². The van der Waals surface area contributed by atoms with Gasteiger partial charge in [0, 0.05) is 13.3 Å². The van der Waals surface area contributed by atoms with Gasteiger partial charge in [-0.2, -0.15) is 0 Å². The number of rotatable bonds is 6. The standard InChI is InChI=1S/C10H15N3O4/c1-16-6-7(5-14)12-8-3-4-11-9(13-8)10(15)17-2/h3-4,7,14H,5-6H2,1-2H3,(H,11,12,13). The Kier molecular flexibility index (Phi) is 5.31. The zero-order valence-corrected chi connectivity index (χ0v) is 9.71. The molecule has 7 nitrogen and oxygen atoms in total. The van der Waals surface area contributed by atoms with Crippen LogP contribution in [0, 0.1) is 0 Å². The molecule has 0 bridgehead atoms. The molecule has 0 aliphatic carbocycles. The van der Waals surface area contributed by atoms with Gasteiger partial charge >= 0.3 is 5.97 Å². The lowest BCUT2D eigenvalue weighted by Gasteiger charge is -2.15. The Bertz CT molecular complexity index is 372. The van der Waals surface area contributed by atoms with Crippen LogP contribution in [0.25, 0.3) is 0 Å². The minimum absolute atomic E-state index is 0.0355. The molecule has 0 radical (unpaired) electrons. The van der Waals surface area contributed by atoms with Crippen molar-refractivity contribution in [2.45, 2.75) is 6.04 Å². The van der Waals surface area contributed by atoms with Crippen LogP contribution in [0.2, 0.25) is 0 Å². The Morgan fingerprint density at radius 2 is 2.35 bits per heavy atom. The van der Waals surface area contributed by atoms with Gasteiger partial charge in [-0.15, -0.1) is 0 Å². The molecule has 0 spiro atoms. The third-order valence-corrected chi connectivity index (χ3v) is 1.96. The molecule has 1 rings (SSSR count). The number of aliphatic hydroxyl groups excluding tert-OH is 1. The highest BCUT2D eigenvalue weighted by molar-refractivity contribution is 5.85. The maximum atomic E-state index is 11.2. The topological polar surface area (TPSA) is 93.6 Å². The average Bonchev–Trinajstić information content (AvgIpc) is 2.37. The molecule has 94 valence electrons. The van der Waals surface area contributed by atoms with Crippen LogP contribution >= 0.6 is 0 Å². The molecule has 0 saturated carbocycles. The summed E-state index contributed by atoms with van der Waals surface area (Å²) in [6, 6.07) is 1.30. The van der Waals surface area contributed by atoms with E-state index >= 15 is 0 Å². The predicted molar refractivity (Wildman–Crippen MR) is 59.7 cm³/mol. The molecule has 0 aliphatic heterocycles. The van der Waals surface area contributed by atoms with Gasteiger partial charge in [0.1, 0.15) is 5.82 Å². The van der Waals surface area contributed by atoms with Gasteiger partial charge in [-0.05, 0) is 6.07 Å². The molecule has 0 saturated heterocycles. The summed E-state index contributed by atoms with van der Waals surface area (Å²) >= 11 is 0. The van der Waals surface area contributed by atoms with Gasteiger partial charge in [-0.25, -0.2) is 14.8 Å². The maximum Gasteiger partial charge on any atom is 0.376 e. The van der Waals surface area contributed by atoms with E-state index in [1.54, 1.807) is 6.07 Å². The Balaban J connectivity index is 2.74. The monoisotopic (exact) mass is 241 g/mol. The summed E-state index contributed by atoms with van der Waals surface area (Å²) in [6.07, 6.45) is 1.43. The van der Waals surface area contributed by atoms with Crippen molar-refractivity contribution in [1.29, 1.82) is 0 Å². The third-order valence-electron chi connectivity index (χ3n) is 1.96. The average molecular weight is 241 g/mol. The Labute approximate surface area is 98.8 Å². The minimum Gasteiger partial charge on any atom is -0.463 e. The van der Waals surface area contributed by atoms with E-state index in [1.807, 2.05) is 0 Å². The van der Waals surface area contributed by atoms with Crippen molar-refractivity contribution in [1.82, 2.24) is 9.97 Å². The molecule has 1 aromatic rings. The van der Waals surface area contributed by atoms with E-state index in [0.717, 1.165) is 0 Å². The fraction of sp³-hybridized carbons (Fsp3) is 0.500. The summed E-state index contributed by atoms with van der Waals surface area (Å²) < 4.78 is 9.41. The number of aliphatic hydroxyl groups is 1. The molecule has 1 aromatic heterocycles. The van der Waals surface area contributed by atoms with Crippen LogP contribution in [0.5, 0.6) is 0 Å². The van der Waals surface area contributed by atoms with E-state index in [2.05, 4.69) is 20.0 Å². The number of hydrogen-bond acceptors (Lipinski definition) is 7. The SMILES string of the molecule is COCC(CO)Nc1ccnc(C(=O)OC)n1. The molecule has 0 fully saturated rings. The summed E-state index contributed by atoms with van der Waals surface area (Å²) in [4.78, 5) is 18.9. The van der Waals surface area contributed by atoms with E-state index < -0.39 is 5.97 Å².